The van der Waals surface area contributed by atoms with Crippen molar-refractivity contribution in [2.75, 3.05) is 0 Å². The Balaban J connectivity index is -0.000000384. The predicted molar refractivity (Wildman–Crippen MR) is 82.0 cm³/mol. The van der Waals surface area contributed by atoms with Crippen molar-refractivity contribution in [3.8, 4) is 0 Å². The minimum atomic E-state index is -1.28. The van der Waals surface area contributed by atoms with E-state index < -0.39 is 23.9 Å². The van der Waals surface area contributed by atoms with Crippen LogP contribution >= 0.6 is 0 Å². The molecule has 0 aliphatic rings. The van der Waals surface area contributed by atoms with E-state index >= 15 is 0 Å². The molecule has 0 aliphatic carbocycles. The molecule has 0 fully saturated rings. The molecule has 2 rings (SSSR count). The van der Waals surface area contributed by atoms with Gasteiger partial charge >= 0.3 is 34.1 Å². The van der Waals surface area contributed by atoms with E-state index in [0.717, 1.165) is 0 Å². The summed E-state index contributed by atoms with van der Waals surface area (Å²) in [7, 11) is 0. The van der Waals surface area contributed by atoms with Crippen LogP contribution in [0, 0.1) is 12.1 Å². The maximum atomic E-state index is 10.4. The molecule has 0 amide bonds. The summed E-state index contributed by atoms with van der Waals surface area (Å²) >= 11 is 0. The van der Waals surface area contributed by atoms with Crippen molar-refractivity contribution in [3.05, 3.63) is 70.8 Å². The van der Waals surface area contributed by atoms with Gasteiger partial charge in [-0.15, -0.1) is 48.5 Å². The van der Waals surface area contributed by atoms with Gasteiger partial charge in [-0.1, -0.05) is 11.1 Å². The molecule has 0 spiro atoms. The summed E-state index contributed by atoms with van der Waals surface area (Å²) in [6, 6.07) is 12.7. The van der Waals surface area contributed by atoms with Gasteiger partial charge in [-0.05, 0) is 11.1 Å². The Hall–Kier alpha value is -2.68. The molecule has 9 nitrogen and oxygen atoms in total. The van der Waals surface area contributed by atoms with Crippen molar-refractivity contribution in [1.29, 1.82) is 0 Å². The van der Waals surface area contributed by atoms with Crippen LogP contribution < -0.4 is 0 Å². The normalized spacial score (nSPS) is 8.30. The van der Waals surface area contributed by atoms with Crippen LogP contribution in [0.25, 0.3) is 0 Å². The van der Waals surface area contributed by atoms with E-state index in [4.69, 9.17) is 20.4 Å². The number of rotatable bonds is 4. The van der Waals surface area contributed by atoms with E-state index in [1.165, 1.54) is 36.4 Å². The van der Waals surface area contributed by atoms with E-state index in [1.807, 2.05) is 0 Å². The van der Waals surface area contributed by atoms with E-state index in [-0.39, 0.29) is 61.9 Å². The first kappa shape index (κ1) is 29.1. The van der Waals surface area contributed by atoms with Gasteiger partial charge in [0, 0.05) is 0 Å². The number of aromatic carboxylic acids is 4. The molecule has 0 bridgehead atoms. The molecule has 2 aromatic carbocycles. The Morgan fingerprint density at radius 2 is 0.926 bits per heavy atom. The Kier molecular flexibility index (Phi) is 14.6. The van der Waals surface area contributed by atoms with Crippen LogP contribution in [0.4, 0.5) is 0 Å². The average Bonchev–Trinajstić information content (AvgIpc) is 2.55. The van der Waals surface area contributed by atoms with Crippen molar-refractivity contribution in [2.45, 2.75) is 0 Å². The zero-order chi connectivity index (χ0) is 18.3. The maximum Gasteiger partial charge on any atom is 1.00 e. The van der Waals surface area contributed by atoms with Gasteiger partial charge in [0.25, 0.3) is 11.9 Å². The van der Waals surface area contributed by atoms with Crippen LogP contribution in [0.1, 0.15) is 41.4 Å². The third kappa shape index (κ3) is 8.50. The van der Waals surface area contributed by atoms with Crippen molar-refractivity contribution in [3.63, 3.8) is 0 Å². The average molecular weight is 475 g/mol. The van der Waals surface area contributed by atoms with E-state index in [9.17, 15) is 19.2 Å². The first-order chi connectivity index (χ1) is 11.3. The van der Waals surface area contributed by atoms with Crippen LogP contribution in [0.15, 0.2) is 36.4 Å². The molecule has 0 aromatic heterocycles. The number of carbonyl (C=O) groups is 4. The molecular formula is C16H12Cu2O9. The van der Waals surface area contributed by atoms with Crippen molar-refractivity contribution < 1.29 is 79.2 Å². The predicted octanol–water partition coefficient (Wildman–Crippen LogP) is 0.937. The zero-order valence-corrected chi connectivity index (χ0v) is 14.9. The van der Waals surface area contributed by atoms with Gasteiger partial charge in [0.05, 0.1) is 0 Å². The molecule has 27 heavy (non-hydrogen) atoms. The number of hydrogen-bond donors (Lipinski definition) is 4. The van der Waals surface area contributed by atoms with Crippen LogP contribution in [0.3, 0.4) is 0 Å². The molecule has 0 aliphatic heterocycles. The zero-order valence-electron chi connectivity index (χ0n) is 13.0. The van der Waals surface area contributed by atoms with E-state index in [1.54, 1.807) is 0 Å². The fraction of sp³-hybridized carbons (Fsp3) is 0. The second kappa shape index (κ2) is 13.5. The standard InChI is InChI=1S/2C8H5O4.2Cu.H2O/c2*9-7(10)5-3-1-2-4-6(5)8(11)12;;;/h2*1-3H,(H,9,10)(H,11,12);;;1H2/q2*-1;2*+1;. The topological polar surface area (TPSA) is 181 Å². The second-order valence-corrected chi connectivity index (χ2v) is 4.14. The molecule has 0 saturated carbocycles. The summed E-state index contributed by atoms with van der Waals surface area (Å²) in [6.07, 6.45) is 0. The van der Waals surface area contributed by atoms with Gasteiger partial charge in [0.2, 0.25) is 11.9 Å². The van der Waals surface area contributed by atoms with Crippen molar-refractivity contribution in [2.24, 2.45) is 0 Å². The number of benzene rings is 2. The maximum absolute atomic E-state index is 10.4. The van der Waals surface area contributed by atoms with Gasteiger partial charge in [0.1, 0.15) is 0 Å². The van der Waals surface area contributed by atoms with Gasteiger partial charge < -0.3 is 35.5 Å². The van der Waals surface area contributed by atoms with Crippen molar-refractivity contribution in [1.82, 2.24) is 0 Å². The number of carboxylic acids is 4. The Morgan fingerprint density at radius 3 is 1.11 bits per heavy atom. The molecule has 11 heteroatoms. The summed E-state index contributed by atoms with van der Waals surface area (Å²) < 4.78 is 0. The molecule has 6 N–H and O–H groups in total. The molecule has 0 heterocycles. The minimum absolute atomic E-state index is 0. The smallest absolute Gasteiger partial charge is 0.521 e. The van der Waals surface area contributed by atoms with E-state index in [2.05, 4.69) is 12.1 Å². The third-order valence-electron chi connectivity index (χ3n) is 2.60. The minimum Gasteiger partial charge on any atom is -0.521 e. The molecule has 0 saturated heterocycles. The third-order valence-corrected chi connectivity index (χ3v) is 2.60. The summed E-state index contributed by atoms with van der Waals surface area (Å²) in [5.41, 5.74) is -1.12. The largest absolute Gasteiger partial charge is 1.00 e. The molecular weight excluding hydrogens is 463 g/mol. The van der Waals surface area contributed by atoms with Crippen LogP contribution in [-0.4, -0.2) is 49.8 Å². The monoisotopic (exact) mass is 474 g/mol. The Labute approximate surface area is 173 Å². The number of hydrogen-bond acceptors (Lipinski definition) is 4. The van der Waals surface area contributed by atoms with Crippen LogP contribution in [0.2, 0.25) is 0 Å². The first-order valence-corrected chi connectivity index (χ1v) is 6.20. The van der Waals surface area contributed by atoms with Gasteiger partial charge in [0.15, 0.2) is 0 Å². The molecule has 2 aromatic rings. The first-order valence-electron chi connectivity index (χ1n) is 6.20. The molecule has 0 atom stereocenters. The molecule has 0 unspecified atom stereocenters. The van der Waals surface area contributed by atoms with Crippen LogP contribution in [-0.2, 0) is 34.1 Å². The molecule has 0 radical (unpaired) electrons. The summed E-state index contributed by atoms with van der Waals surface area (Å²) in [5.74, 6) is -5.09. The van der Waals surface area contributed by atoms with Gasteiger partial charge in [-0.3, -0.25) is 9.59 Å². The second-order valence-electron chi connectivity index (χ2n) is 4.14. The van der Waals surface area contributed by atoms with Gasteiger partial charge in [-0.25, -0.2) is 0 Å². The Bertz CT molecular complexity index is 672. The Morgan fingerprint density at radius 1 is 0.630 bits per heavy atom. The summed E-state index contributed by atoms with van der Waals surface area (Å²) in [4.78, 5) is 41.7. The number of carboxylic acid groups (broad SMARTS) is 4. The summed E-state index contributed by atoms with van der Waals surface area (Å²) in [6.45, 7) is 0. The van der Waals surface area contributed by atoms with Crippen LogP contribution in [0.5, 0.6) is 0 Å². The SMILES string of the molecule is O.O=C(O)c1[c-]cccc1C(=O)O.O=C(O)c1[c-]cccc1C(=O)O.[Cu+].[Cu+]. The van der Waals surface area contributed by atoms with E-state index in [0.29, 0.717) is 0 Å². The summed E-state index contributed by atoms with van der Waals surface area (Å²) in [5, 5.41) is 34.1. The fourth-order valence-corrected chi connectivity index (χ4v) is 1.58. The molecule has 152 valence electrons. The van der Waals surface area contributed by atoms with Gasteiger partial charge in [-0.2, -0.15) is 0 Å². The quantitative estimate of drug-likeness (QED) is 0.372. The fourth-order valence-electron chi connectivity index (χ4n) is 1.58. The van der Waals surface area contributed by atoms with Crippen molar-refractivity contribution >= 4 is 23.9 Å².